The van der Waals surface area contributed by atoms with Crippen molar-refractivity contribution in [3.63, 3.8) is 0 Å². The lowest BCUT2D eigenvalue weighted by molar-refractivity contribution is 0.669. The fraction of sp³-hybridized carbons (Fsp3) is 0. The molecule has 3 heteroatoms. The number of furan rings is 2. The summed E-state index contributed by atoms with van der Waals surface area (Å²) in [4.78, 5) is 0.678. The predicted octanol–water partition coefficient (Wildman–Crippen LogP) is 11.8. The van der Waals surface area contributed by atoms with Crippen LogP contribution in [0.15, 0.2) is 160 Å². The molecule has 2 heterocycles. The van der Waals surface area contributed by atoms with Crippen molar-refractivity contribution in [3.05, 3.63) is 151 Å². The smallest absolute Gasteiger partial charge is 0.143 e. The monoisotopic (exact) mass is 569 g/mol. The number of anilines is 3. The number of benzene rings is 7. The lowest BCUT2D eigenvalue weighted by Gasteiger charge is -2.26. The highest BCUT2D eigenvalue weighted by Gasteiger charge is 2.20. The Morgan fingerprint density at radius 2 is 1.28 bits per heavy atom. The van der Waals surface area contributed by atoms with Crippen molar-refractivity contribution in [2.24, 2.45) is 0 Å². The van der Waals surface area contributed by atoms with E-state index < -0.39 is 153 Å². The van der Waals surface area contributed by atoms with Gasteiger partial charge in [-0.15, -0.1) is 0 Å². The van der Waals surface area contributed by atoms with E-state index in [1.807, 2.05) is 12.1 Å². The average Bonchev–Trinajstić information content (AvgIpc) is 3.82. The molecule has 0 aliphatic heterocycles. The number of fused-ring (bicyclic) bond motifs is 8. The maximum absolute atomic E-state index is 9.44. The maximum atomic E-state index is 9.44. The molecule has 0 bridgehead atoms. The third-order valence-electron chi connectivity index (χ3n) is 7.17. The number of rotatable bonds is 4. The second-order valence-corrected chi connectivity index (χ2v) is 9.58. The van der Waals surface area contributed by atoms with Crippen LogP contribution in [0.5, 0.6) is 0 Å². The average molecular weight is 570 g/mol. The minimum absolute atomic E-state index is 0.206. The van der Waals surface area contributed by atoms with Gasteiger partial charge in [-0.25, -0.2) is 0 Å². The minimum Gasteiger partial charge on any atom is -0.456 e. The molecule has 0 spiro atoms. The SMILES string of the molecule is [2H]c1c([2H])c([2H])c(N(c2c([2H])c([2H])c(-c3ccc4c(c3)oc3ccccc34)c([2H])c2[2H])c2c([2H])c([2H])c([2H])c3oc4c5c([2H])c([2H])c([2H])c([2H])c5c([2H])c([2H])c4c23)c([2H])c1[2H]. The number of hydrogen-bond acceptors (Lipinski definition) is 3. The molecule has 0 aliphatic rings. The van der Waals surface area contributed by atoms with Gasteiger partial charge in [-0.2, -0.15) is 0 Å². The predicted molar refractivity (Wildman–Crippen MR) is 179 cm³/mol. The quantitative estimate of drug-likeness (QED) is 0.211. The first-order chi connectivity index (χ1) is 28.8. The first-order valence-corrected chi connectivity index (χ1v) is 13.1. The van der Waals surface area contributed by atoms with E-state index in [0.717, 1.165) is 10.8 Å². The summed E-state index contributed by atoms with van der Waals surface area (Å²) in [5, 5.41) is -0.186. The van der Waals surface area contributed by atoms with Crippen LogP contribution < -0.4 is 4.90 Å². The van der Waals surface area contributed by atoms with Crippen LogP contribution in [0.4, 0.5) is 17.1 Å². The summed E-state index contributed by atoms with van der Waals surface area (Å²) in [5.74, 6) is 0. The Bertz CT molecular complexity index is 3430. The molecule has 2 aromatic heterocycles. The number of para-hydroxylation sites is 2. The van der Waals surface area contributed by atoms with Crippen LogP contribution in [0.1, 0.15) is 24.7 Å². The van der Waals surface area contributed by atoms with E-state index in [9.17, 15) is 6.85 Å². The zero-order valence-electron chi connectivity index (χ0n) is 39.8. The van der Waals surface area contributed by atoms with E-state index in [1.165, 1.54) is 0 Å². The number of nitrogens with zero attached hydrogens (tertiary/aromatic N) is 1. The summed E-state index contributed by atoms with van der Waals surface area (Å²) in [6.45, 7) is 0. The van der Waals surface area contributed by atoms with Gasteiger partial charge in [0.15, 0.2) is 0 Å². The van der Waals surface area contributed by atoms with Gasteiger partial charge in [-0.1, -0.05) is 90.7 Å². The fourth-order valence-corrected chi connectivity index (χ4v) is 5.25. The van der Waals surface area contributed by atoms with Crippen molar-refractivity contribution in [1.82, 2.24) is 0 Å². The van der Waals surface area contributed by atoms with Crippen LogP contribution in [0.25, 0.3) is 65.8 Å². The van der Waals surface area contributed by atoms with Crippen LogP contribution in [0.3, 0.4) is 0 Å². The van der Waals surface area contributed by atoms with E-state index in [2.05, 4.69) is 0 Å². The Morgan fingerprint density at radius 1 is 0.488 bits per heavy atom. The maximum Gasteiger partial charge on any atom is 0.143 e. The van der Waals surface area contributed by atoms with Crippen molar-refractivity contribution in [3.8, 4) is 11.1 Å². The molecule has 0 unspecified atom stereocenters. The molecule has 0 saturated carbocycles. The summed E-state index contributed by atoms with van der Waals surface area (Å²) in [7, 11) is 0. The molecule has 7 aromatic carbocycles. The molecule has 0 atom stereocenters. The normalized spacial score (nSPS) is 17.6. The highest BCUT2D eigenvalue weighted by molar-refractivity contribution is 6.19. The Morgan fingerprint density at radius 3 is 2.19 bits per heavy atom. The van der Waals surface area contributed by atoms with E-state index in [-0.39, 0.29) is 16.5 Å². The van der Waals surface area contributed by atoms with Crippen molar-refractivity contribution in [1.29, 1.82) is 0 Å². The van der Waals surface area contributed by atoms with Crippen LogP contribution >= 0.6 is 0 Å². The van der Waals surface area contributed by atoms with Crippen LogP contribution in [0.2, 0.25) is 0 Å². The highest BCUT2D eigenvalue weighted by atomic mass is 16.3. The van der Waals surface area contributed by atoms with E-state index >= 15 is 0 Å². The molecule has 9 rings (SSSR count). The molecule has 0 N–H and O–H groups in total. The van der Waals surface area contributed by atoms with Gasteiger partial charge in [0.2, 0.25) is 0 Å². The zero-order chi connectivity index (χ0) is 44.0. The molecule has 0 radical (unpaired) electrons. The first-order valence-electron chi connectivity index (χ1n) is 22.1. The molecule has 0 aliphatic carbocycles. The van der Waals surface area contributed by atoms with Crippen LogP contribution in [-0.2, 0) is 0 Å². The summed E-state index contributed by atoms with van der Waals surface area (Å²) >= 11 is 0. The number of hydrogen-bond donors (Lipinski definition) is 0. The molecule has 0 saturated heterocycles. The van der Waals surface area contributed by atoms with E-state index in [4.69, 9.17) is 26.7 Å². The molecule has 43 heavy (non-hydrogen) atoms. The van der Waals surface area contributed by atoms with Crippen molar-refractivity contribution < 1.29 is 33.5 Å². The van der Waals surface area contributed by atoms with E-state index in [1.54, 1.807) is 30.3 Å². The minimum atomic E-state index is -0.934. The van der Waals surface area contributed by atoms with Crippen molar-refractivity contribution >= 4 is 71.7 Å². The largest absolute Gasteiger partial charge is 0.456 e. The van der Waals surface area contributed by atoms with Gasteiger partial charge in [0.1, 0.15) is 22.3 Å². The summed E-state index contributed by atoms with van der Waals surface area (Å²) in [6.07, 6.45) is 0. The van der Waals surface area contributed by atoms with Crippen LogP contribution in [0, 0.1) is 0 Å². The molecule has 9 aromatic rings. The van der Waals surface area contributed by atoms with Gasteiger partial charge in [0, 0.05) is 32.9 Å². The molecular weight excluding hydrogens is 526 g/mol. The standard InChI is InChI=1S/C40H25NO2/c1-2-10-29(11-3-1)41(35-14-8-16-37-39(35)34-24-19-27-9-4-5-12-31(27)40(34)43-37)30-21-17-26(18-22-30)28-20-23-33-32-13-6-7-15-36(32)42-38(33)25-28/h1-25H/i1D,2D,3D,4D,5D,8D,9D,10D,11D,12D,14D,16D,17D,18D,19D,21D,22D,24D. The highest BCUT2D eigenvalue weighted by Crippen LogP contribution is 2.44. The summed E-state index contributed by atoms with van der Waals surface area (Å²) in [6, 6.07) is -2.24. The second-order valence-electron chi connectivity index (χ2n) is 9.58. The van der Waals surface area contributed by atoms with Gasteiger partial charge < -0.3 is 13.7 Å². The Hall–Kier alpha value is -5.80. The Kier molecular flexibility index (Phi) is 2.66. The van der Waals surface area contributed by atoms with Crippen molar-refractivity contribution in [2.75, 3.05) is 4.90 Å². The van der Waals surface area contributed by atoms with Crippen molar-refractivity contribution in [2.45, 2.75) is 0 Å². The molecule has 0 fully saturated rings. The molecular formula is C40H25NO2. The lowest BCUT2D eigenvalue weighted by atomic mass is 10.0. The van der Waals surface area contributed by atoms with Gasteiger partial charge in [-0.05, 0) is 77.0 Å². The lowest BCUT2D eigenvalue weighted by Crippen LogP contribution is -2.10. The first kappa shape index (κ1) is 12.2. The topological polar surface area (TPSA) is 29.5 Å². The summed E-state index contributed by atoms with van der Waals surface area (Å²) in [5.41, 5.74) is -2.35. The van der Waals surface area contributed by atoms with Crippen LogP contribution in [-0.4, -0.2) is 0 Å². The van der Waals surface area contributed by atoms with Gasteiger partial charge >= 0.3 is 0 Å². The summed E-state index contributed by atoms with van der Waals surface area (Å²) < 4.78 is 172. The molecule has 0 amide bonds. The second kappa shape index (κ2) is 9.37. The van der Waals surface area contributed by atoms with Gasteiger partial charge in [0.25, 0.3) is 0 Å². The van der Waals surface area contributed by atoms with E-state index in [0.29, 0.717) is 16.1 Å². The third kappa shape index (κ3) is 3.75. The van der Waals surface area contributed by atoms with Gasteiger partial charge in [0.05, 0.1) is 35.7 Å². The molecule has 3 nitrogen and oxygen atoms in total. The molecule has 202 valence electrons. The van der Waals surface area contributed by atoms with Gasteiger partial charge in [-0.3, -0.25) is 0 Å². The fourth-order valence-electron chi connectivity index (χ4n) is 5.25. The zero-order valence-corrected chi connectivity index (χ0v) is 21.8. The Balaban J connectivity index is 1.46. The Labute approximate surface area is 273 Å². The third-order valence-corrected chi connectivity index (χ3v) is 7.17.